The molecule has 1 aromatic rings. The van der Waals surface area contributed by atoms with Crippen LogP contribution in [0.2, 0.25) is 0 Å². The van der Waals surface area contributed by atoms with Crippen LogP contribution in [0.1, 0.15) is 52.2 Å². The fourth-order valence-corrected chi connectivity index (χ4v) is 2.71. The van der Waals surface area contributed by atoms with Crippen LogP contribution < -0.4 is 22.2 Å². The molecule has 0 bridgehead atoms. The number of carbonyl (C=O) groups excluding carboxylic acids is 1. The zero-order valence-electron chi connectivity index (χ0n) is 14.9. The number of carbonyl (C=O) groups is 1. The lowest BCUT2D eigenvalue weighted by atomic mass is 9.76. The Kier molecular flexibility index (Phi) is 5.15. The Morgan fingerprint density at radius 3 is 2.33 bits per heavy atom. The summed E-state index contributed by atoms with van der Waals surface area (Å²) in [5.74, 6) is 0.268. The van der Waals surface area contributed by atoms with Gasteiger partial charge >= 0.3 is 5.97 Å². The van der Waals surface area contributed by atoms with Crippen molar-refractivity contribution in [2.24, 2.45) is 16.3 Å². The smallest absolute Gasteiger partial charge is 0.331 e. The van der Waals surface area contributed by atoms with Gasteiger partial charge in [-0.2, -0.15) is 0 Å². The summed E-state index contributed by atoms with van der Waals surface area (Å²) in [4.78, 5) is 12.7. The van der Waals surface area contributed by atoms with Gasteiger partial charge in [0, 0.05) is 5.56 Å². The predicted octanol–water partition coefficient (Wildman–Crippen LogP) is 1.50. The lowest BCUT2D eigenvalue weighted by Gasteiger charge is -2.34. The van der Waals surface area contributed by atoms with E-state index in [0.717, 1.165) is 11.1 Å². The Morgan fingerprint density at radius 1 is 1.25 bits per heavy atom. The molecular formula is C17H27N5O2. The van der Waals surface area contributed by atoms with Crippen LogP contribution in [0.5, 0.6) is 0 Å². The quantitative estimate of drug-likeness (QED) is 0.609. The van der Waals surface area contributed by atoms with Crippen molar-refractivity contribution in [3.8, 4) is 0 Å². The number of nitrogens with one attached hydrogen (secondary N) is 3. The molecule has 132 valence electrons. The molecule has 1 aromatic carbocycles. The van der Waals surface area contributed by atoms with E-state index in [1.807, 2.05) is 38.1 Å². The van der Waals surface area contributed by atoms with Gasteiger partial charge in [0.25, 0.3) is 0 Å². The molecule has 2 rings (SSSR count). The zero-order valence-corrected chi connectivity index (χ0v) is 14.9. The zero-order chi connectivity index (χ0) is 18.0. The number of rotatable bonds is 5. The molecule has 1 aliphatic heterocycles. The van der Waals surface area contributed by atoms with Crippen molar-refractivity contribution in [3.63, 3.8) is 0 Å². The highest BCUT2D eigenvalue weighted by molar-refractivity contribution is 5.99. The summed E-state index contributed by atoms with van der Waals surface area (Å²) in [5.41, 5.74) is 15.0. The first kappa shape index (κ1) is 18.2. The van der Waals surface area contributed by atoms with Gasteiger partial charge in [0.15, 0.2) is 5.84 Å². The number of nitrogens with two attached hydrogens (primary N) is 1. The van der Waals surface area contributed by atoms with Gasteiger partial charge in [0.05, 0.1) is 6.10 Å². The number of ether oxygens (including phenoxy) is 1. The summed E-state index contributed by atoms with van der Waals surface area (Å²) < 4.78 is 5.43. The van der Waals surface area contributed by atoms with Crippen LogP contribution in [-0.2, 0) is 15.1 Å². The molecule has 1 aliphatic rings. The Hall–Kier alpha value is -2.12. The van der Waals surface area contributed by atoms with Crippen molar-refractivity contribution in [3.05, 3.63) is 35.4 Å². The number of hydrazone groups is 1. The average molecular weight is 333 g/mol. The second-order valence-electron chi connectivity index (χ2n) is 7.56. The van der Waals surface area contributed by atoms with Gasteiger partial charge in [0.1, 0.15) is 5.54 Å². The third-order valence-corrected chi connectivity index (χ3v) is 3.59. The van der Waals surface area contributed by atoms with Crippen molar-refractivity contribution in [2.45, 2.75) is 52.7 Å². The molecule has 1 atom stereocenters. The van der Waals surface area contributed by atoms with Crippen molar-refractivity contribution in [2.75, 3.05) is 0 Å². The summed E-state index contributed by atoms with van der Waals surface area (Å²) >= 11 is 0. The van der Waals surface area contributed by atoms with Gasteiger partial charge in [-0.3, -0.25) is 5.43 Å². The Morgan fingerprint density at radius 2 is 1.88 bits per heavy atom. The highest BCUT2D eigenvalue weighted by Crippen LogP contribution is 2.34. The van der Waals surface area contributed by atoms with E-state index >= 15 is 0 Å². The average Bonchev–Trinajstić information content (AvgIpc) is 2.99. The summed E-state index contributed by atoms with van der Waals surface area (Å²) in [6.07, 6.45) is 0.265. The van der Waals surface area contributed by atoms with E-state index in [0.29, 0.717) is 12.3 Å². The van der Waals surface area contributed by atoms with Crippen molar-refractivity contribution >= 4 is 11.8 Å². The highest BCUT2D eigenvalue weighted by atomic mass is 16.5. The molecule has 0 saturated carbocycles. The number of amidine groups is 1. The van der Waals surface area contributed by atoms with Crippen LogP contribution in [0.4, 0.5) is 0 Å². The lowest BCUT2D eigenvalue weighted by molar-refractivity contribution is -0.156. The topological polar surface area (TPSA) is 101 Å². The second-order valence-corrected chi connectivity index (χ2v) is 7.56. The molecule has 7 nitrogen and oxygen atoms in total. The van der Waals surface area contributed by atoms with E-state index in [2.05, 4.69) is 42.4 Å². The van der Waals surface area contributed by atoms with Crippen LogP contribution in [0, 0.1) is 5.41 Å². The normalized spacial score (nSPS) is 16.9. The van der Waals surface area contributed by atoms with Crippen molar-refractivity contribution < 1.29 is 9.53 Å². The molecule has 0 amide bonds. The van der Waals surface area contributed by atoms with Crippen molar-refractivity contribution in [1.82, 2.24) is 16.5 Å². The Labute approximate surface area is 143 Å². The Balaban J connectivity index is 2.33. The van der Waals surface area contributed by atoms with E-state index in [1.54, 1.807) is 0 Å². The predicted molar refractivity (Wildman–Crippen MR) is 93.6 cm³/mol. The number of hydrazine groups is 2. The highest BCUT2D eigenvalue weighted by Gasteiger charge is 2.41. The van der Waals surface area contributed by atoms with E-state index in [4.69, 9.17) is 10.5 Å². The van der Waals surface area contributed by atoms with Gasteiger partial charge in [-0.15, -0.1) is 10.6 Å². The summed E-state index contributed by atoms with van der Waals surface area (Å²) in [5, 5.41) is 4.05. The van der Waals surface area contributed by atoms with Crippen LogP contribution in [0.3, 0.4) is 0 Å². The van der Waals surface area contributed by atoms with Crippen LogP contribution in [0.15, 0.2) is 29.4 Å². The fraction of sp³-hybridized carbons (Fsp3) is 0.529. The van der Waals surface area contributed by atoms with E-state index in [1.165, 1.54) is 0 Å². The molecule has 0 radical (unpaired) electrons. The molecule has 7 heteroatoms. The van der Waals surface area contributed by atoms with Gasteiger partial charge in [-0.25, -0.2) is 10.3 Å². The van der Waals surface area contributed by atoms with E-state index in [9.17, 15) is 4.79 Å². The molecule has 0 spiro atoms. The number of esters is 1. The van der Waals surface area contributed by atoms with Gasteiger partial charge in [-0.05, 0) is 31.2 Å². The molecular weight excluding hydrogens is 306 g/mol. The standard InChI is InChI=1S/C17H27N5O2/c1-11(2)24-15(23)17(18,10-16(3,4)5)13-8-6-12(7-9-13)14-19-21-22-20-14/h6-9,11,21-22H,10,18H2,1-5H3,(H,19,20)/t17-/m1/s1. The van der Waals surface area contributed by atoms with Gasteiger partial charge < -0.3 is 10.5 Å². The maximum absolute atomic E-state index is 12.7. The second kappa shape index (κ2) is 6.78. The lowest BCUT2D eigenvalue weighted by Crippen LogP contribution is -2.49. The largest absolute Gasteiger partial charge is 0.461 e. The minimum absolute atomic E-state index is 0.131. The maximum Gasteiger partial charge on any atom is 0.331 e. The minimum Gasteiger partial charge on any atom is -0.461 e. The van der Waals surface area contributed by atoms with Crippen molar-refractivity contribution in [1.29, 1.82) is 0 Å². The molecule has 0 aromatic heterocycles. The molecule has 24 heavy (non-hydrogen) atoms. The number of nitrogens with zero attached hydrogens (tertiary/aromatic N) is 1. The fourth-order valence-electron chi connectivity index (χ4n) is 2.71. The first-order valence-corrected chi connectivity index (χ1v) is 8.06. The van der Waals surface area contributed by atoms with Crippen LogP contribution in [-0.4, -0.2) is 17.9 Å². The Bertz CT molecular complexity index is 619. The van der Waals surface area contributed by atoms with E-state index < -0.39 is 11.5 Å². The van der Waals surface area contributed by atoms with Gasteiger partial charge in [0.2, 0.25) is 0 Å². The molecule has 0 fully saturated rings. The number of hydrogen-bond acceptors (Lipinski definition) is 7. The summed E-state index contributed by atoms with van der Waals surface area (Å²) in [6.45, 7) is 9.81. The van der Waals surface area contributed by atoms with Crippen LogP contribution >= 0.6 is 0 Å². The molecule has 0 unspecified atom stereocenters. The maximum atomic E-state index is 12.7. The SMILES string of the molecule is CC(C)OC(=O)[C@@](N)(CC(C)(C)C)c1ccc(C2=NNNN2)cc1. The third kappa shape index (κ3) is 4.24. The number of hydrogen-bond donors (Lipinski definition) is 4. The summed E-state index contributed by atoms with van der Waals surface area (Å²) in [6, 6.07) is 7.46. The summed E-state index contributed by atoms with van der Waals surface area (Å²) in [7, 11) is 0. The first-order valence-electron chi connectivity index (χ1n) is 8.06. The molecule has 5 N–H and O–H groups in total. The number of benzene rings is 1. The van der Waals surface area contributed by atoms with Gasteiger partial charge in [-0.1, -0.05) is 45.0 Å². The third-order valence-electron chi connectivity index (χ3n) is 3.59. The molecule has 0 saturated heterocycles. The minimum atomic E-state index is -1.19. The molecule has 0 aliphatic carbocycles. The first-order chi connectivity index (χ1) is 11.1. The monoisotopic (exact) mass is 333 g/mol. The molecule has 1 heterocycles. The van der Waals surface area contributed by atoms with E-state index in [-0.39, 0.29) is 11.5 Å². The van der Waals surface area contributed by atoms with Crippen LogP contribution in [0.25, 0.3) is 0 Å².